The molecule has 2 aromatic carbocycles. The van der Waals surface area contributed by atoms with E-state index in [1.165, 1.54) is 34.4 Å². The topological polar surface area (TPSA) is 97.8 Å². The lowest BCUT2D eigenvalue weighted by molar-refractivity contribution is -0.137. The number of hydrogen-bond acceptors (Lipinski definition) is 8. The highest BCUT2D eigenvalue weighted by atomic mass is 32.2. The highest BCUT2D eigenvalue weighted by Crippen LogP contribution is 2.32. The lowest BCUT2D eigenvalue weighted by Crippen LogP contribution is -2.27. The van der Waals surface area contributed by atoms with Crippen LogP contribution in [-0.4, -0.2) is 39.4 Å². The van der Waals surface area contributed by atoms with E-state index in [9.17, 15) is 27.9 Å². The number of aliphatic hydroxyl groups is 1. The Bertz CT molecular complexity index is 1170. The number of hydrogen-bond donors (Lipinski definition) is 2. The minimum atomic E-state index is -4.55. The van der Waals surface area contributed by atoms with Crippen LogP contribution in [0.1, 0.15) is 33.3 Å². The van der Waals surface area contributed by atoms with Crippen molar-refractivity contribution >= 4 is 35.0 Å². The monoisotopic (exact) mass is 524 g/mol. The van der Waals surface area contributed by atoms with Gasteiger partial charge in [-0.15, -0.1) is 11.3 Å². The van der Waals surface area contributed by atoms with E-state index >= 15 is 0 Å². The summed E-state index contributed by atoms with van der Waals surface area (Å²) in [5.41, 5.74) is 0.673. The molecular formula is C23H19F3N2O5S2. The van der Waals surface area contributed by atoms with Gasteiger partial charge in [-0.3, -0.25) is 4.79 Å². The Kier molecular flexibility index (Phi) is 7.63. The van der Waals surface area contributed by atoms with Crippen molar-refractivity contribution in [2.45, 2.75) is 29.5 Å². The maximum absolute atomic E-state index is 13.2. The fourth-order valence-electron chi connectivity index (χ4n) is 3.33. The molecule has 1 aliphatic heterocycles. The molecule has 1 amide bonds. The molecule has 1 aromatic heterocycles. The number of esters is 1. The number of alkyl halides is 3. The van der Waals surface area contributed by atoms with Crippen LogP contribution >= 0.6 is 23.1 Å². The fourth-order valence-corrected chi connectivity index (χ4v) is 4.83. The zero-order valence-electron chi connectivity index (χ0n) is 17.9. The number of benzene rings is 2. The third kappa shape index (κ3) is 6.53. The van der Waals surface area contributed by atoms with E-state index in [-0.39, 0.29) is 23.8 Å². The van der Waals surface area contributed by atoms with Gasteiger partial charge in [-0.2, -0.15) is 13.2 Å². The van der Waals surface area contributed by atoms with Gasteiger partial charge in [-0.1, -0.05) is 36.0 Å². The van der Waals surface area contributed by atoms with Crippen LogP contribution in [-0.2, 0) is 22.1 Å². The van der Waals surface area contributed by atoms with Crippen molar-refractivity contribution in [2.75, 3.05) is 6.61 Å². The fraction of sp³-hybridized carbons (Fsp3) is 0.261. The predicted molar refractivity (Wildman–Crippen MR) is 123 cm³/mol. The summed E-state index contributed by atoms with van der Waals surface area (Å²) in [7, 11) is 0. The summed E-state index contributed by atoms with van der Waals surface area (Å²) in [6, 6.07) is 11.3. The molecule has 0 radical (unpaired) electrons. The van der Waals surface area contributed by atoms with Crippen LogP contribution in [0, 0.1) is 0 Å². The molecule has 184 valence electrons. The third-order valence-corrected chi connectivity index (χ3v) is 6.75. The quantitative estimate of drug-likeness (QED) is 0.427. The Hall–Kier alpha value is -3.09. The van der Waals surface area contributed by atoms with E-state index in [4.69, 9.17) is 9.47 Å². The van der Waals surface area contributed by atoms with Crippen molar-refractivity contribution in [3.05, 3.63) is 81.8 Å². The van der Waals surface area contributed by atoms with Gasteiger partial charge in [0.05, 0.1) is 16.3 Å². The van der Waals surface area contributed by atoms with Crippen molar-refractivity contribution in [3.8, 4) is 5.75 Å². The lowest BCUT2D eigenvalue weighted by Gasteiger charge is -2.20. The van der Waals surface area contributed by atoms with Gasteiger partial charge >= 0.3 is 12.1 Å². The highest BCUT2D eigenvalue weighted by Gasteiger charge is 2.32. The van der Waals surface area contributed by atoms with Crippen LogP contribution in [0.5, 0.6) is 5.75 Å². The van der Waals surface area contributed by atoms with E-state index in [2.05, 4.69) is 10.3 Å². The molecule has 1 fully saturated rings. The van der Waals surface area contributed by atoms with E-state index in [1.54, 1.807) is 24.3 Å². The SMILES string of the molecule is O=C(OC(COc1ccc(CC2SC(O)NC2=O)cc1)c1cccc(C(F)(F)F)c1)c1cscn1. The van der Waals surface area contributed by atoms with Crippen molar-refractivity contribution in [1.29, 1.82) is 0 Å². The molecule has 0 saturated carbocycles. The molecule has 1 aliphatic rings. The molecule has 0 spiro atoms. The highest BCUT2D eigenvalue weighted by molar-refractivity contribution is 8.01. The first-order valence-corrected chi connectivity index (χ1v) is 12.2. The number of halogens is 3. The van der Waals surface area contributed by atoms with Crippen LogP contribution < -0.4 is 10.1 Å². The van der Waals surface area contributed by atoms with E-state index < -0.39 is 34.6 Å². The van der Waals surface area contributed by atoms with Gasteiger partial charge in [0.2, 0.25) is 5.91 Å². The summed E-state index contributed by atoms with van der Waals surface area (Å²) in [4.78, 5) is 28.1. The van der Waals surface area contributed by atoms with Crippen LogP contribution in [0.4, 0.5) is 13.2 Å². The number of carbonyl (C=O) groups excluding carboxylic acids is 2. The molecule has 2 N–H and O–H groups in total. The maximum Gasteiger partial charge on any atom is 0.416 e. The molecular weight excluding hydrogens is 505 g/mol. The van der Waals surface area contributed by atoms with Crippen molar-refractivity contribution < 1.29 is 37.3 Å². The summed E-state index contributed by atoms with van der Waals surface area (Å²) >= 11 is 2.31. The molecule has 4 rings (SSSR count). The molecule has 2 heterocycles. The van der Waals surface area contributed by atoms with E-state index in [0.717, 1.165) is 29.5 Å². The number of aromatic nitrogens is 1. The summed E-state index contributed by atoms with van der Waals surface area (Å²) < 4.78 is 50.8. The number of aliphatic hydroxyl groups excluding tert-OH is 1. The second-order valence-corrected chi connectivity index (χ2v) is 9.54. The van der Waals surface area contributed by atoms with Gasteiger partial charge in [0.25, 0.3) is 0 Å². The number of thioether (sulfide) groups is 1. The zero-order valence-corrected chi connectivity index (χ0v) is 19.5. The van der Waals surface area contributed by atoms with Gasteiger partial charge < -0.3 is 19.9 Å². The van der Waals surface area contributed by atoms with Gasteiger partial charge in [-0.25, -0.2) is 9.78 Å². The van der Waals surface area contributed by atoms with Crippen LogP contribution in [0.3, 0.4) is 0 Å². The number of ether oxygens (including phenoxy) is 2. The number of amides is 1. The largest absolute Gasteiger partial charge is 0.489 e. The van der Waals surface area contributed by atoms with Gasteiger partial charge in [0, 0.05) is 5.38 Å². The summed E-state index contributed by atoms with van der Waals surface area (Å²) in [6.45, 7) is -0.233. The Balaban J connectivity index is 1.46. The Morgan fingerprint density at radius 3 is 2.60 bits per heavy atom. The number of nitrogens with zero attached hydrogens (tertiary/aromatic N) is 1. The summed E-state index contributed by atoms with van der Waals surface area (Å²) in [6.07, 6.45) is -5.27. The average Bonchev–Trinajstić information content (AvgIpc) is 3.47. The molecule has 3 atom stereocenters. The average molecular weight is 525 g/mol. The van der Waals surface area contributed by atoms with Crippen LogP contribution in [0.15, 0.2) is 59.4 Å². The number of carbonyl (C=O) groups is 2. The smallest absolute Gasteiger partial charge is 0.416 e. The number of nitrogens with one attached hydrogen (secondary N) is 1. The second-order valence-electron chi connectivity index (χ2n) is 7.54. The Morgan fingerprint density at radius 1 is 1.20 bits per heavy atom. The minimum Gasteiger partial charge on any atom is -0.489 e. The van der Waals surface area contributed by atoms with Gasteiger partial charge in [0.15, 0.2) is 17.4 Å². The third-order valence-electron chi connectivity index (χ3n) is 5.07. The second kappa shape index (κ2) is 10.7. The molecule has 12 heteroatoms. The Morgan fingerprint density at radius 2 is 1.97 bits per heavy atom. The molecule has 1 saturated heterocycles. The predicted octanol–water partition coefficient (Wildman–Crippen LogP) is 4.19. The van der Waals surface area contributed by atoms with Crippen LogP contribution in [0.2, 0.25) is 0 Å². The van der Waals surface area contributed by atoms with Crippen molar-refractivity contribution in [1.82, 2.24) is 10.3 Å². The maximum atomic E-state index is 13.2. The van der Waals surface area contributed by atoms with Crippen LogP contribution in [0.25, 0.3) is 0 Å². The molecule has 0 bridgehead atoms. The zero-order chi connectivity index (χ0) is 25.0. The lowest BCUT2D eigenvalue weighted by atomic mass is 10.1. The first-order valence-electron chi connectivity index (χ1n) is 10.3. The molecule has 0 aliphatic carbocycles. The number of rotatable bonds is 8. The number of thiazole rings is 1. The molecule has 35 heavy (non-hydrogen) atoms. The van der Waals surface area contributed by atoms with E-state index in [0.29, 0.717) is 12.2 Å². The molecule has 7 nitrogen and oxygen atoms in total. The van der Waals surface area contributed by atoms with E-state index in [1.807, 2.05) is 0 Å². The minimum absolute atomic E-state index is 0.0512. The summed E-state index contributed by atoms with van der Waals surface area (Å²) in [5.74, 6) is -0.616. The molecule has 3 unspecified atom stereocenters. The van der Waals surface area contributed by atoms with Gasteiger partial charge in [0.1, 0.15) is 12.4 Å². The standard InChI is InChI=1S/C23H19F3N2O5S2/c24-23(25,26)15-3-1-2-14(9-15)18(33-21(30)17-11-34-12-27-17)10-32-16-6-4-13(5-7-16)8-19-20(29)28-22(31)35-19/h1-7,9,11-12,18-19,22,31H,8,10H2,(H,28,29). The summed E-state index contributed by atoms with van der Waals surface area (Å²) in [5, 5.41) is 13.0. The first-order chi connectivity index (χ1) is 16.7. The molecule has 3 aromatic rings. The van der Waals surface area contributed by atoms with Gasteiger partial charge in [-0.05, 0) is 41.8 Å². The first kappa shape index (κ1) is 25.0. The van der Waals surface area contributed by atoms with Crippen molar-refractivity contribution in [2.24, 2.45) is 0 Å². The van der Waals surface area contributed by atoms with Crippen molar-refractivity contribution in [3.63, 3.8) is 0 Å². The normalized spacial score (nSPS) is 18.7. The Labute approximate surface area is 206 Å².